The lowest BCUT2D eigenvalue weighted by Crippen LogP contribution is -2.47. The summed E-state index contributed by atoms with van der Waals surface area (Å²) in [6, 6.07) is 15.1. The molecule has 2 aromatic carbocycles. The van der Waals surface area contributed by atoms with Gasteiger partial charge in [0.2, 0.25) is 5.91 Å². The largest absolute Gasteiger partial charge is 0.490 e. The highest BCUT2D eigenvalue weighted by molar-refractivity contribution is 7.80. The molecule has 2 unspecified atom stereocenters. The summed E-state index contributed by atoms with van der Waals surface area (Å²) >= 11 is 3.97. The van der Waals surface area contributed by atoms with Gasteiger partial charge in [-0.3, -0.25) is 9.78 Å². The number of rotatable bonds is 6. The van der Waals surface area contributed by atoms with Crippen molar-refractivity contribution in [2.24, 2.45) is 5.92 Å². The maximum Gasteiger partial charge on any atom is 0.247 e. The molecule has 0 saturated heterocycles. The Morgan fingerprint density at radius 2 is 2.00 bits per heavy atom. The summed E-state index contributed by atoms with van der Waals surface area (Å²) in [7, 11) is 0. The second kappa shape index (κ2) is 10.9. The third-order valence-corrected chi connectivity index (χ3v) is 9.58. The molecule has 3 atom stereocenters. The SMILES string of the molecule is O=C(Nc1ccc2c(c1)N(CC1CCC1)C[C@@]1(CCCc3cc(Cl)ccc31)CO2)C(c1ccncc1)S(=O)O. The number of benzene rings is 2. The zero-order chi connectivity index (χ0) is 27.0. The Morgan fingerprint density at radius 1 is 1.18 bits per heavy atom. The minimum Gasteiger partial charge on any atom is -0.490 e. The monoisotopic (exact) mass is 565 g/mol. The fourth-order valence-electron chi connectivity index (χ4n) is 6.28. The van der Waals surface area contributed by atoms with Crippen LogP contribution in [-0.4, -0.2) is 39.3 Å². The predicted octanol–water partition coefficient (Wildman–Crippen LogP) is 5.91. The molecule has 39 heavy (non-hydrogen) atoms. The number of pyridine rings is 1. The summed E-state index contributed by atoms with van der Waals surface area (Å²) in [6.07, 6.45) is 9.86. The number of carbonyl (C=O) groups is 1. The number of aromatic nitrogens is 1. The Hall–Kier alpha value is -2.94. The third-order valence-electron chi connectivity index (χ3n) is 8.46. The van der Waals surface area contributed by atoms with E-state index < -0.39 is 22.2 Å². The van der Waals surface area contributed by atoms with Gasteiger partial charge in [0, 0.05) is 41.6 Å². The predicted molar refractivity (Wildman–Crippen MR) is 154 cm³/mol. The van der Waals surface area contributed by atoms with Crippen molar-refractivity contribution < 1.29 is 18.3 Å². The van der Waals surface area contributed by atoms with Crippen molar-refractivity contribution in [3.05, 3.63) is 82.6 Å². The average molecular weight is 566 g/mol. The number of hydrogen-bond acceptors (Lipinski definition) is 5. The van der Waals surface area contributed by atoms with E-state index in [0.717, 1.165) is 48.8 Å². The molecule has 204 valence electrons. The van der Waals surface area contributed by atoms with Crippen LogP contribution in [0.5, 0.6) is 5.75 Å². The van der Waals surface area contributed by atoms with Crippen LogP contribution in [0.3, 0.4) is 0 Å². The van der Waals surface area contributed by atoms with Crippen molar-refractivity contribution in [2.75, 3.05) is 29.9 Å². The summed E-state index contributed by atoms with van der Waals surface area (Å²) < 4.78 is 28.5. The summed E-state index contributed by atoms with van der Waals surface area (Å²) in [4.78, 5) is 19.6. The standard InChI is InChI=1S/C30H32ClN3O4S/c31-23-6-8-25-22(15-23)5-2-12-30(25)18-34(17-20-3-1-4-20)26-16-24(7-9-27(26)38-19-30)33-29(35)28(39(36)37)21-10-13-32-14-11-21/h6-11,13-16,20,28H,1-5,12,17-19H2,(H,33,35)(H,36,37)/t28?,30-/m0/s1. The molecule has 1 amide bonds. The van der Waals surface area contributed by atoms with Crippen LogP contribution in [0, 0.1) is 5.92 Å². The van der Waals surface area contributed by atoms with Crippen molar-refractivity contribution in [3.8, 4) is 5.75 Å². The molecule has 1 fully saturated rings. The van der Waals surface area contributed by atoms with Crippen LogP contribution < -0.4 is 15.0 Å². The van der Waals surface area contributed by atoms with E-state index in [0.29, 0.717) is 23.8 Å². The van der Waals surface area contributed by atoms with Crippen LogP contribution in [0.2, 0.25) is 5.02 Å². The van der Waals surface area contributed by atoms with Crippen molar-refractivity contribution in [2.45, 2.75) is 49.2 Å². The van der Waals surface area contributed by atoms with E-state index in [1.165, 1.54) is 42.8 Å². The molecule has 1 spiro atoms. The number of fused-ring (bicyclic) bond motifs is 3. The van der Waals surface area contributed by atoms with Gasteiger partial charge in [-0.1, -0.05) is 24.1 Å². The molecule has 1 aliphatic heterocycles. The summed E-state index contributed by atoms with van der Waals surface area (Å²) in [5, 5.41) is 2.43. The smallest absolute Gasteiger partial charge is 0.247 e. The van der Waals surface area contributed by atoms with Crippen molar-refractivity contribution >= 4 is 40.0 Å². The second-order valence-corrected chi connectivity index (χ2v) is 12.5. The molecule has 7 nitrogen and oxygen atoms in total. The Bertz CT molecular complexity index is 1400. The van der Waals surface area contributed by atoms with Crippen molar-refractivity contribution in [3.63, 3.8) is 0 Å². The highest BCUT2D eigenvalue weighted by atomic mass is 35.5. The minimum atomic E-state index is -2.39. The molecule has 2 heterocycles. The number of aryl methyl sites for hydroxylation is 1. The quantitative estimate of drug-likeness (QED) is 0.361. The zero-order valence-corrected chi connectivity index (χ0v) is 23.2. The van der Waals surface area contributed by atoms with Gasteiger partial charge in [0.05, 0.1) is 12.3 Å². The van der Waals surface area contributed by atoms with Gasteiger partial charge in [-0.2, -0.15) is 0 Å². The molecule has 2 aliphatic carbocycles. The van der Waals surface area contributed by atoms with Crippen LogP contribution in [0.15, 0.2) is 60.9 Å². The lowest BCUT2D eigenvalue weighted by atomic mass is 9.70. The molecule has 0 radical (unpaired) electrons. The van der Waals surface area contributed by atoms with Crippen LogP contribution in [0.25, 0.3) is 0 Å². The first kappa shape index (κ1) is 26.3. The number of anilines is 2. The number of amides is 1. The topological polar surface area (TPSA) is 91.8 Å². The molecular weight excluding hydrogens is 534 g/mol. The molecule has 3 aromatic rings. The lowest BCUT2D eigenvalue weighted by molar-refractivity contribution is -0.115. The Morgan fingerprint density at radius 3 is 2.74 bits per heavy atom. The average Bonchev–Trinajstić information content (AvgIpc) is 3.04. The first-order valence-electron chi connectivity index (χ1n) is 13.5. The van der Waals surface area contributed by atoms with Gasteiger partial charge in [0.1, 0.15) is 5.75 Å². The van der Waals surface area contributed by atoms with Gasteiger partial charge in [-0.15, -0.1) is 0 Å². The van der Waals surface area contributed by atoms with E-state index in [1.54, 1.807) is 18.2 Å². The molecule has 6 rings (SSSR count). The number of carbonyl (C=O) groups excluding carboxylic acids is 1. The highest BCUT2D eigenvalue weighted by Crippen LogP contribution is 2.46. The zero-order valence-electron chi connectivity index (χ0n) is 21.6. The molecule has 0 bridgehead atoms. The maximum atomic E-state index is 13.2. The van der Waals surface area contributed by atoms with E-state index in [1.807, 2.05) is 18.2 Å². The molecule has 1 saturated carbocycles. The minimum absolute atomic E-state index is 0.148. The highest BCUT2D eigenvalue weighted by Gasteiger charge is 2.42. The molecule has 2 N–H and O–H groups in total. The van der Waals surface area contributed by atoms with Gasteiger partial charge >= 0.3 is 0 Å². The van der Waals surface area contributed by atoms with Crippen molar-refractivity contribution in [1.82, 2.24) is 4.98 Å². The van der Waals surface area contributed by atoms with Gasteiger partial charge < -0.3 is 19.5 Å². The number of halogens is 1. The third kappa shape index (κ3) is 5.30. The lowest BCUT2D eigenvalue weighted by Gasteiger charge is -2.42. The molecule has 3 aliphatic rings. The van der Waals surface area contributed by atoms with Crippen LogP contribution in [0.4, 0.5) is 11.4 Å². The normalized spacial score (nSPS) is 22.1. The van der Waals surface area contributed by atoms with Gasteiger partial charge in [-0.05, 0) is 97.2 Å². The molecular formula is C30H32ClN3O4S. The number of nitrogens with zero attached hydrogens (tertiary/aromatic N) is 2. The van der Waals surface area contributed by atoms with E-state index >= 15 is 0 Å². The van der Waals surface area contributed by atoms with Gasteiger partial charge in [-0.25, -0.2) is 4.21 Å². The van der Waals surface area contributed by atoms with Crippen LogP contribution in [-0.2, 0) is 27.7 Å². The Balaban J connectivity index is 1.32. The maximum absolute atomic E-state index is 13.2. The Labute approximate surface area is 236 Å². The second-order valence-electron chi connectivity index (χ2n) is 11.0. The molecule has 9 heteroatoms. The summed E-state index contributed by atoms with van der Waals surface area (Å²) in [5.41, 5.74) is 4.43. The Kier molecular flexibility index (Phi) is 7.35. The van der Waals surface area contributed by atoms with E-state index in [-0.39, 0.29) is 5.41 Å². The molecule has 1 aromatic heterocycles. The fourth-order valence-corrected chi connectivity index (χ4v) is 7.11. The van der Waals surface area contributed by atoms with Crippen molar-refractivity contribution in [1.29, 1.82) is 0 Å². The van der Waals surface area contributed by atoms with Crippen LogP contribution >= 0.6 is 11.6 Å². The summed E-state index contributed by atoms with van der Waals surface area (Å²) in [6.45, 7) is 2.33. The first-order chi connectivity index (χ1) is 18.9. The van der Waals surface area contributed by atoms with Gasteiger partial charge in [0.15, 0.2) is 16.3 Å². The van der Waals surface area contributed by atoms with Crippen LogP contribution in [0.1, 0.15) is 54.0 Å². The first-order valence-corrected chi connectivity index (χ1v) is 15.1. The van der Waals surface area contributed by atoms with E-state index in [4.69, 9.17) is 16.3 Å². The van der Waals surface area contributed by atoms with E-state index in [9.17, 15) is 13.6 Å². The fraction of sp³-hybridized carbons (Fsp3) is 0.400. The summed E-state index contributed by atoms with van der Waals surface area (Å²) in [5.74, 6) is 0.880. The van der Waals surface area contributed by atoms with Gasteiger partial charge in [0.25, 0.3) is 0 Å². The number of ether oxygens (including phenoxy) is 1. The number of hydrogen-bond donors (Lipinski definition) is 2. The number of nitrogens with one attached hydrogen (secondary N) is 1. The van der Waals surface area contributed by atoms with E-state index in [2.05, 4.69) is 27.3 Å².